The van der Waals surface area contributed by atoms with Crippen LogP contribution in [0, 0.1) is 0 Å². The molecule has 0 bridgehead atoms. The van der Waals surface area contributed by atoms with Crippen molar-refractivity contribution in [3.05, 3.63) is 23.8 Å². The lowest BCUT2D eigenvalue weighted by Gasteiger charge is -2.34. The summed E-state index contributed by atoms with van der Waals surface area (Å²) >= 11 is 0. The lowest BCUT2D eigenvalue weighted by Crippen LogP contribution is -2.52. The Morgan fingerprint density at radius 1 is 1.43 bits per heavy atom. The maximum atomic E-state index is 12.5. The summed E-state index contributed by atoms with van der Waals surface area (Å²) in [5.41, 5.74) is 0.638. The first-order chi connectivity index (χ1) is 9.67. The summed E-state index contributed by atoms with van der Waals surface area (Å²) < 4.78 is 10.8. The first kappa shape index (κ1) is 17.6. The van der Waals surface area contributed by atoms with Crippen LogP contribution in [0.3, 0.4) is 0 Å². The Balaban J connectivity index is 0.00000220. The number of piperazine rings is 1. The fraction of sp³-hybridized carbons (Fsp3) is 0.533. The van der Waals surface area contributed by atoms with Crippen LogP contribution in [0.2, 0.25) is 0 Å². The van der Waals surface area contributed by atoms with E-state index in [9.17, 15) is 4.79 Å². The van der Waals surface area contributed by atoms with E-state index in [1.807, 2.05) is 11.8 Å². The molecule has 0 unspecified atom stereocenters. The Morgan fingerprint density at radius 3 is 2.81 bits per heavy atom. The number of halogens is 1. The van der Waals surface area contributed by atoms with Gasteiger partial charge in [-0.25, -0.2) is 0 Å². The van der Waals surface area contributed by atoms with Gasteiger partial charge < -0.3 is 19.7 Å². The molecular formula is C15H23ClN2O3. The minimum atomic E-state index is 0. The number of hydrogen-bond acceptors (Lipinski definition) is 4. The van der Waals surface area contributed by atoms with E-state index in [4.69, 9.17) is 9.47 Å². The molecule has 1 aromatic carbocycles. The third-order valence-corrected chi connectivity index (χ3v) is 3.47. The third kappa shape index (κ3) is 4.02. The highest BCUT2D eigenvalue weighted by molar-refractivity contribution is 5.95. The fourth-order valence-electron chi connectivity index (χ4n) is 2.38. The monoisotopic (exact) mass is 314 g/mol. The smallest absolute Gasteiger partial charge is 0.254 e. The zero-order chi connectivity index (χ0) is 14.5. The standard InChI is InChI=1S/C15H22N2O3.ClH/c1-4-20-13-6-5-12(9-14(13)19-3)15(18)17-8-7-16-10-11(17)2;/h5-6,9,11,16H,4,7-8,10H2,1-3H3;1H/t11-;/m0./s1. The molecule has 1 saturated heterocycles. The highest BCUT2D eigenvalue weighted by Crippen LogP contribution is 2.28. The SMILES string of the molecule is CCOc1ccc(C(=O)N2CCNC[C@@H]2C)cc1OC.Cl. The Kier molecular flexibility index (Phi) is 6.78. The summed E-state index contributed by atoms with van der Waals surface area (Å²) in [6, 6.07) is 5.54. The number of ether oxygens (including phenoxy) is 2. The van der Waals surface area contributed by atoms with Crippen LogP contribution in [0.25, 0.3) is 0 Å². The average Bonchev–Trinajstić information content (AvgIpc) is 2.48. The first-order valence-electron chi connectivity index (χ1n) is 7.00. The van der Waals surface area contributed by atoms with Gasteiger partial charge in [-0.15, -0.1) is 12.4 Å². The molecule has 1 aromatic rings. The first-order valence-corrected chi connectivity index (χ1v) is 7.00. The van der Waals surface area contributed by atoms with Crippen LogP contribution < -0.4 is 14.8 Å². The Labute approximate surface area is 132 Å². The Hall–Kier alpha value is -1.46. The molecule has 118 valence electrons. The quantitative estimate of drug-likeness (QED) is 0.923. The van der Waals surface area contributed by atoms with Gasteiger partial charge in [-0.3, -0.25) is 4.79 Å². The van der Waals surface area contributed by atoms with Crippen molar-refractivity contribution >= 4 is 18.3 Å². The lowest BCUT2D eigenvalue weighted by atomic mass is 10.1. The highest BCUT2D eigenvalue weighted by Gasteiger charge is 2.24. The van der Waals surface area contributed by atoms with E-state index in [1.54, 1.807) is 25.3 Å². The van der Waals surface area contributed by atoms with Crippen LogP contribution in [0.1, 0.15) is 24.2 Å². The number of rotatable bonds is 4. The molecule has 1 atom stereocenters. The van der Waals surface area contributed by atoms with Gasteiger partial charge in [0.2, 0.25) is 0 Å². The molecule has 0 radical (unpaired) electrons. The summed E-state index contributed by atoms with van der Waals surface area (Å²) in [5, 5.41) is 3.28. The van der Waals surface area contributed by atoms with Crippen molar-refractivity contribution in [1.82, 2.24) is 10.2 Å². The van der Waals surface area contributed by atoms with Gasteiger partial charge in [0.05, 0.1) is 13.7 Å². The van der Waals surface area contributed by atoms with Gasteiger partial charge in [-0.05, 0) is 32.0 Å². The topological polar surface area (TPSA) is 50.8 Å². The van der Waals surface area contributed by atoms with Crippen molar-refractivity contribution in [3.8, 4) is 11.5 Å². The van der Waals surface area contributed by atoms with E-state index in [-0.39, 0.29) is 24.4 Å². The predicted octanol–water partition coefficient (Wildman–Crippen LogP) is 1.95. The molecule has 0 spiro atoms. The van der Waals surface area contributed by atoms with Crippen LogP contribution in [0.15, 0.2) is 18.2 Å². The number of amides is 1. The molecule has 1 amide bonds. The number of nitrogens with one attached hydrogen (secondary N) is 1. The summed E-state index contributed by atoms with van der Waals surface area (Å²) in [4.78, 5) is 14.4. The molecular weight excluding hydrogens is 292 g/mol. The van der Waals surface area contributed by atoms with Crippen LogP contribution in [-0.2, 0) is 0 Å². The summed E-state index contributed by atoms with van der Waals surface area (Å²) in [5.74, 6) is 1.31. The van der Waals surface area contributed by atoms with Crippen molar-refractivity contribution in [2.75, 3.05) is 33.4 Å². The molecule has 21 heavy (non-hydrogen) atoms. The fourth-order valence-corrected chi connectivity index (χ4v) is 2.38. The normalized spacial score (nSPS) is 17.9. The van der Waals surface area contributed by atoms with Crippen molar-refractivity contribution in [2.24, 2.45) is 0 Å². The Morgan fingerprint density at radius 2 is 2.19 bits per heavy atom. The van der Waals surface area contributed by atoms with Gasteiger partial charge in [0.1, 0.15) is 0 Å². The van der Waals surface area contributed by atoms with Crippen molar-refractivity contribution in [2.45, 2.75) is 19.9 Å². The molecule has 0 saturated carbocycles. The average molecular weight is 315 g/mol. The van der Waals surface area contributed by atoms with Crippen molar-refractivity contribution < 1.29 is 14.3 Å². The molecule has 2 rings (SSSR count). The summed E-state index contributed by atoms with van der Waals surface area (Å²) in [6.45, 7) is 6.94. The molecule has 1 fully saturated rings. The van der Waals surface area contributed by atoms with Crippen molar-refractivity contribution in [3.63, 3.8) is 0 Å². The van der Waals surface area contributed by atoms with Gasteiger partial charge >= 0.3 is 0 Å². The van der Waals surface area contributed by atoms with E-state index in [1.165, 1.54) is 0 Å². The van der Waals surface area contributed by atoms with Gasteiger partial charge in [0, 0.05) is 31.2 Å². The molecule has 1 heterocycles. The molecule has 0 aliphatic carbocycles. The number of methoxy groups -OCH3 is 1. The predicted molar refractivity (Wildman–Crippen MR) is 84.8 cm³/mol. The van der Waals surface area contributed by atoms with Gasteiger partial charge in [-0.2, -0.15) is 0 Å². The van der Waals surface area contributed by atoms with Gasteiger partial charge in [0.15, 0.2) is 11.5 Å². The number of carbonyl (C=O) groups excluding carboxylic acids is 1. The second-order valence-corrected chi connectivity index (χ2v) is 4.85. The molecule has 6 heteroatoms. The van der Waals surface area contributed by atoms with Crippen LogP contribution in [0.5, 0.6) is 11.5 Å². The summed E-state index contributed by atoms with van der Waals surface area (Å²) in [6.07, 6.45) is 0. The minimum Gasteiger partial charge on any atom is -0.493 e. The van der Waals surface area contributed by atoms with Crippen LogP contribution in [0.4, 0.5) is 0 Å². The molecule has 1 aliphatic heterocycles. The Bertz CT molecular complexity index is 482. The minimum absolute atomic E-state index is 0. The zero-order valence-corrected chi connectivity index (χ0v) is 13.5. The van der Waals surface area contributed by atoms with E-state index < -0.39 is 0 Å². The summed E-state index contributed by atoms with van der Waals surface area (Å²) in [7, 11) is 1.58. The maximum Gasteiger partial charge on any atom is 0.254 e. The van der Waals surface area contributed by atoms with E-state index in [2.05, 4.69) is 12.2 Å². The number of benzene rings is 1. The van der Waals surface area contributed by atoms with Crippen LogP contribution >= 0.6 is 12.4 Å². The maximum absolute atomic E-state index is 12.5. The lowest BCUT2D eigenvalue weighted by molar-refractivity contribution is 0.0655. The molecule has 0 aromatic heterocycles. The second kappa shape index (κ2) is 8.10. The third-order valence-electron chi connectivity index (χ3n) is 3.47. The van der Waals surface area contributed by atoms with Gasteiger partial charge in [0.25, 0.3) is 5.91 Å². The largest absolute Gasteiger partial charge is 0.493 e. The zero-order valence-electron chi connectivity index (χ0n) is 12.7. The molecule has 5 nitrogen and oxygen atoms in total. The van der Waals surface area contributed by atoms with E-state index in [0.29, 0.717) is 23.7 Å². The highest BCUT2D eigenvalue weighted by atomic mass is 35.5. The van der Waals surface area contributed by atoms with E-state index >= 15 is 0 Å². The second-order valence-electron chi connectivity index (χ2n) is 4.85. The van der Waals surface area contributed by atoms with E-state index in [0.717, 1.165) is 19.6 Å². The van der Waals surface area contributed by atoms with Crippen LogP contribution in [-0.4, -0.2) is 50.2 Å². The number of hydrogen-bond donors (Lipinski definition) is 1. The molecule has 1 N–H and O–H groups in total. The van der Waals surface area contributed by atoms with Gasteiger partial charge in [-0.1, -0.05) is 0 Å². The number of nitrogens with zero attached hydrogens (tertiary/aromatic N) is 1. The number of carbonyl (C=O) groups is 1. The molecule has 1 aliphatic rings. The van der Waals surface area contributed by atoms with Crippen molar-refractivity contribution in [1.29, 1.82) is 0 Å².